The molecule has 2 heterocycles. The molecule has 0 aliphatic heterocycles. The van der Waals surface area contributed by atoms with Gasteiger partial charge in [-0.25, -0.2) is 4.79 Å². The summed E-state index contributed by atoms with van der Waals surface area (Å²) in [5, 5.41) is 4.25. The third-order valence-corrected chi connectivity index (χ3v) is 4.25. The van der Waals surface area contributed by atoms with Gasteiger partial charge in [0.2, 0.25) is 0 Å². The Kier molecular flexibility index (Phi) is 4.72. The molecular weight excluding hydrogens is 342 g/mol. The predicted octanol–water partition coefficient (Wildman–Crippen LogP) is 3.54. The Balaban J connectivity index is 2.21. The number of rotatable bonds is 4. The van der Waals surface area contributed by atoms with Gasteiger partial charge in [0, 0.05) is 17.8 Å². The third kappa shape index (κ3) is 3.21. The number of halogens is 1. The maximum atomic E-state index is 12.5. The number of esters is 1. The molecule has 2 N–H and O–H groups in total. The summed E-state index contributed by atoms with van der Waals surface area (Å²) in [5.41, 5.74) is 1.10. The van der Waals surface area contributed by atoms with Gasteiger partial charge in [0.15, 0.2) is 0 Å². The van der Waals surface area contributed by atoms with E-state index in [1.165, 1.54) is 7.11 Å². The first-order chi connectivity index (χ1) is 12.0. The van der Waals surface area contributed by atoms with E-state index in [0.29, 0.717) is 21.6 Å². The van der Waals surface area contributed by atoms with E-state index in [9.17, 15) is 9.59 Å². The topological polar surface area (TPSA) is 84.1 Å². The summed E-state index contributed by atoms with van der Waals surface area (Å²) in [6.45, 7) is 1.91. The number of benzene rings is 1. The molecule has 6 nitrogen and oxygen atoms in total. The van der Waals surface area contributed by atoms with Crippen molar-refractivity contribution in [2.24, 2.45) is 0 Å². The van der Waals surface area contributed by atoms with Crippen molar-refractivity contribution in [3.05, 3.63) is 69.2 Å². The fraction of sp³-hybridized carbons (Fsp3) is 0.167. The molecule has 128 valence electrons. The zero-order valence-electron chi connectivity index (χ0n) is 13.7. The number of nitrogens with one attached hydrogen (secondary N) is 2. The zero-order valence-corrected chi connectivity index (χ0v) is 14.4. The third-order valence-electron chi connectivity index (χ3n) is 3.93. The molecule has 7 heteroatoms. The van der Waals surface area contributed by atoms with E-state index in [1.807, 2.05) is 19.1 Å². The minimum absolute atomic E-state index is 0.0898. The number of pyridine rings is 2. The molecule has 1 aromatic carbocycles. The molecule has 0 saturated carbocycles. The fourth-order valence-corrected chi connectivity index (χ4v) is 2.88. The first kappa shape index (κ1) is 17.0. The van der Waals surface area contributed by atoms with Gasteiger partial charge in [0.25, 0.3) is 5.56 Å². The number of para-hydroxylation sites is 1. The van der Waals surface area contributed by atoms with Gasteiger partial charge in [-0.2, -0.15) is 0 Å². The van der Waals surface area contributed by atoms with E-state index in [-0.39, 0.29) is 11.6 Å². The second-order valence-electron chi connectivity index (χ2n) is 5.51. The first-order valence-corrected chi connectivity index (χ1v) is 8.00. The lowest BCUT2D eigenvalue weighted by molar-refractivity contribution is 0.0600. The molecule has 0 saturated heterocycles. The maximum Gasteiger partial charge on any atom is 0.345 e. The average Bonchev–Trinajstić information content (AvgIpc) is 2.63. The Labute approximate surface area is 148 Å². The molecule has 0 bridgehead atoms. The number of aromatic nitrogens is 2. The normalized spacial score (nSPS) is 12.0. The number of carbonyl (C=O) groups is 1. The van der Waals surface area contributed by atoms with Gasteiger partial charge in [-0.05, 0) is 24.6 Å². The highest BCUT2D eigenvalue weighted by molar-refractivity contribution is 6.35. The molecule has 0 fully saturated rings. The number of hydrogen-bond acceptors (Lipinski definition) is 5. The quantitative estimate of drug-likeness (QED) is 0.698. The van der Waals surface area contributed by atoms with E-state index in [2.05, 4.69) is 15.3 Å². The van der Waals surface area contributed by atoms with Crippen LogP contribution in [0.3, 0.4) is 0 Å². The number of hydrogen-bond donors (Lipinski definition) is 2. The van der Waals surface area contributed by atoms with Crippen molar-refractivity contribution in [2.75, 3.05) is 12.4 Å². The van der Waals surface area contributed by atoms with E-state index in [1.54, 1.807) is 30.6 Å². The molecule has 2 aromatic heterocycles. The molecule has 0 radical (unpaired) electrons. The molecule has 0 amide bonds. The summed E-state index contributed by atoms with van der Waals surface area (Å²) >= 11 is 6.20. The highest BCUT2D eigenvalue weighted by Gasteiger charge is 2.22. The number of methoxy groups -OCH3 is 1. The number of ether oxygens (including phenoxy) is 1. The highest BCUT2D eigenvalue weighted by Crippen LogP contribution is 2.31. The monoisotopic (exact) mass is 357 g/mol. The average molecular weight is 358 g/mol. The number of carbonyl (C=O) groups excluding carboxylic acids is 1. The SMILES string of the molecule is COC(=O)c1c(NC(C)c2cccnc2)c2cccc(Cl)c2[nH]c1=O. The molecular formula is C18H16ClN3O3. The van der Waals surface area contributed by atoms with Crippen LogP contribution in [0.15, 0.2) is 47.5 Å². The van der Waals surface area contributed by atoms with Gasteiger partial charge < -0.3 is 15.0 Å². The van der Waals surface area contributed by atoms with Crippen molar-refractivity contribution in [1.29, 1.82) is 0 Å². The van der Waals surface area contributed by atoms with Gasteiger partial charge >= 0.3 is 5.97 Å². The maximum absolute atomic E-state index is 12.5. The summed E-state index contributed by atoms with van der Waals surface area (Å²) < 4.78 is 4.78. The van der Waals surface area contributed by atoms with Crippen LogP contribution in [0.25, 0.3) is 10.9 Å². The molecule has 1 atom stereocenters. The molecule has 25 heavy (non-hydrogen) atoms. The van der Waals surface area contributed by atoms with Crippen molar-refractivity contribution >= 4 is 34.2 Å². The van der Waals surface area contributed by atoms with E-state index < -0.39 is 11.5 Å². The van der Waals surface area contributed by atoms with Crippen LogP contribution in [0.2, 0.25) is 5.02 Å². The Hall–Kier alpha value is -2.86. The number of H-pyrrole nitrogens is 1. The van der Waals surface area contributed by atoms with Crippen LogP contribution >= 0.6 is 11.6 Å². The minimum Gasteiger partial charge on any atom is -0.465 e. The van der Waals surface area contributed by atoms with Gasteiger partial charge in [-0.3, -0.25) is 9.78 Å². The lowest BCUT2D eigenvalue weighted by Crippen LogP contribution is -2.23. The fourth-order valence-electron chi connectivity index (χ4n) is 2.66. The van der Waals surface area contributed by atoms with E-state index in [4.69, 9.17) is 16.3 Å². The second-order valence-corrected chi connectivity index (χ2v) is 5.92. The van der Waals surface area contributed by atoms with Gasteiger partial charge in [0.05, 0.1) is 29.4 Å². The summed E-state index contributed by atoms with van der Waals surface area (Å²) in [7, 11) is 1.23. The van der Waals surface area contributed by atoms with E-state index in [0.717, 1.165) is 5.56 Å². The Morgan fingerprint density at radius 3 is 2.80 bits per heavy atom. The summed E-state index contributed by atoms with van der Waals surface area (Å²) in [6, 6.07) is 8.74. The predicted molar refractivity (Wildman–Crippen MR) is 97.2 cm³/mol. The lowest BCUT2D eigenvalue weighted by atomic mass is 10.1. The Bertz CT molecular complexity index is 986. The number of fused-ring (bicyclic) bond motifs is 1. The summed E-state index contributed by atoms with van der Waals surface area (Å²) in [5.74, 6) is -0.719. The molecule has 0 aliphatic carbocycles. The zero-order chi connectivity index (χ0) is 18.0. The van der Waals surface area contributed by atoms with Crippen molar-refractivity contribution in [3.8, 4) is 0 Å². The van der Waals surface area contributed by atoms with Crippen LogP contribution in [0.4, 0.5) is 5.69 Å². The smallest absolute Gasteiger partial charge is 0.345 e. The van der Waals surface area contributed by atoms with Crippen molar-refractivity contribution in [3.63, 3.8) is 0 Å². The number of nitrogens with zero attached hydrogens (tertiary/aromatic N) is 1. The largest absolute Gasteiger partial charge is 0.465 e. The van der Waals surface area contributed by atoms with Crippen LogP contribution in [0, 0.1) is 0 Å². The second kappa shape index (κ2) is 6.94. The van der Waals surface area contributed by atoms with E-state index >= 15 is 0 Å². The van der Waals surface area contributed by atoms with Crippen LogP contribution in [-0.4, -0.2) is 23.0 Å². The standard InChI is InChI=1S/C18H16ClN3O3/c1-10(11-5-4-8-20-9-11)21-16-12-6-3-7-13(19)15(12)22-17(23)14(16)18(24)25-2/h3-10H,1-2H3,(H2,21,22,23). The highest BCUT2D eigenvalue weighted by atomic mass is 35.5. The van der Waals surface area contributed by atoms with Crippen LogP contribution < -0.4 is 10.9 Å². The van der Waals surface area contributed by atoms with Gasteiger partial charge in [0.1, 0.15) is 5.56 Å². The van der Waals surface area contributed by atoms with Crippen molar-refractivity contribution < 1.29 is 9.53 Å². The van der Waals surface area contributed by atoms with Crippen LogP contribution in [-0.2, 0) is 4.74 Å². The number of aromatic amines is 1. The molecule has 0 aliphatic rings. The molecule has 3 rings (SSSR count). The van der Waals surface area contributed by atoms with Gasteiger partial charge in [-0.15, -0.1) is 0 Å². The van der Waals surface area contributed by atoms with Crippen molar-refractivity contribution in [2.45, 2.75) is 13.0 Å². The first-order valence-electron chi connectivity index (χ1n) is 7.62. The van der Waals surface area contributed by atoms with Crippen LogP contribution in [0.1, 0.15) is 28.9 Å². The number of anilines is 1. The Morgan fingerprint density at radius 1 is 1.32 bits per heavy atom. The Morgan fingerprint density at radius 2 is 2.12 bits per heavy atom. The molecule has 0 spiro atoms. The van der Waals surface area contributed by atoms with Crippen LogP contribution in [0.5, 0.6) is 0 Å². The van der Waals surface area contributed by atoms with Gasteiger partial charge in [-0.1, -0.05) is 29.8 Å². The summed E-state index contributed by atoms with van der Waals surface area (Å²) in [6.07, 6.45) is 3.40. The minimum atomic E-state index is -0.719. The summed E-state index contributed by atoms with van der Waals surface area (Å²) in [4.78, 5) is 31.4. The van der Waals surface area contributed by atoms with Crippen molar-refractivity contribution in [1.82, 2.24) is 9.97 Å². The molecule has 1 unspecified atom stereocenters. The molecule has 3 aromatic rings. The lowest BCUT2D eigenvalue weighted by Gasteiger charge is -2.19.